The van der Waals surface area contributed by atoms with Crippen LogP contribution in [-0.4, -0.2) is 24.4 Å². The average Bonchev–Trinajstić information content (AvgIpc) is 2.78. The first-order valence-corrected chi connectivity index (χ1v) is 10.5. The van der Waals surface area contributed by atoms with E-state index in [9.17, 15) is 9.59 Å². The monoisotopic (exact) mass is 410 g/mol. The summed E-state index contributed by atoms with van der Waals surface area (Å²) in [7, 11) is 0. The van der Waals surface area contributed by atoms with E-state index < -0.39 is 6.04 Å². The maximum absolute atomic E-state index is 13.8. The van der Waals surface area contributed by atoms with Crippen LogP contribution in [0.1, 0.15) is 23.6 Å². The van der Waals surface area contributed by atoms with Gasteiger partial charge in [-0.2, -0.15) is 0 Å². The minimum absolute atomic E-state index is 0.0210. The molecule has 4 rings (SSSR count). The molecule has 2 amide bonds. The summed E-state index contributed by atoms with van der Waals surface area (Å²) in [6.07, 6.45) is 1.98. The molecule has 3 aromatic rings. The highest BCUT2D eigenvalue weighted by Crippen LogP contribution is 2.32. The molecule has 0 spiro atoms. The minimum atomic E-state index is -0.705. The smallest absolute Gasteiger partial charge is 0.254 e. The number of carbonyl (C=O) groups is 2. The van der Waals surface area contributed by atoms with Crippen molar-refractivity contribution < 1.29 is 9.59 Å². The van der Waals surface area contributed by atoms with Crippen molar-refractivity contribution in [2.45, 2.75) is 26.8 Å². The second-order valence-electron chi connectivity index (χ2n) is 7.94. The highest BCUT2D eigenvalue weighted by Gasteiger charge is 2.42. The van der Waals surface area contributed by atoms with Crippen LogP contribution in [0, 0.1) is 13.8 Å². The van der Waals surface area contributed by atoms with Crippen LogP contribution in [-0.2, 0) is 9.59 Å². The number of nitrogens with zero attached hydrogens (tertiary/aromatic N) is 2. The van der Waals surface area contributed by atoms with Crippen molar-refractivity contribution >= 4 is 29.3 Å². The summed E-state index contributed by atoms with van der Waals surface area (Å²) >= 11 is 0. The lowest BCUT2D eigenvalue weighted by atomic mass is 9.97. The van der Waals surface area contributed by atoms with Gasteiger partial charge in [-0.15, -0.1) is 0 Å². The van der Waals surface area contributed by atoms with Crippen molar-refractivity contribution in [2.75, 3.05) is 16.3 Å². The summed E-state index contributed by atoms with van der Waals surface area (Å²) < 4.78 is 0. The van der Waals surface area contributed by atoms with Crippen LogP contribution < -0.4 is 9.80 Å². The predicted octanol–water partition coefficient (Wildman–Crippen LogP) is 5.16. The van der Waals surface area contributed by atoms with Gasteiger partial charge in [-0.25, -0.2) is 0 Å². The summed E-state index contributed by atoms with van der Waals surface area (Å²) in [5.41, 5.74) is 5.45. The van der Waals surface area contributed by atoms with Gasteiger partial charge < -0.3 is 4.90 Å². The number of para-hydroxylation sites is 1. The molecule has 0 aliphatic carbocycles. The number of aryl methyl sites for hydroxylation is 1. The van der Waals surface area contributed by atoms with Crippen molar-refractivity contribution in [2.24, 2.45) is 0 Å². The highest BCUT2D eigenvalue weighted by atomic mass is 16.2. The zero-order valence-corrected chi connectivity index (χ0v) is 18.1. The molecule has 0 aromatic heterocycles. The Morgan fingerprint density at radius 3 is 2.19 bits per heavy atom. The second-order valence-corrected chi connectivity index (χ2v) is 7.94. The molecule has 1 aliphatic rings. The third kappa shape index (κ3) is 4.02. The number of benzene rings is 3. The zero-order chi connectivity index (χ0) is 22.0. The van der Waals surface area contributed by atoms with Gasteiger partial charge >= 0.3 is 0 Å². The third-order valence-corrected chi connectivity index (χ3v) is 5.85. The molecule has 0 bridgehead atoms. The van der Waals surface area contributed by atoms with E-state index in [1.165, 1.54) is 0 Å². The van der Waals surface area contributed by atoms with Gasteiger partial charge in [-0.1, -0.05) is 66.7 Å². The van der Waals surface area contributed by atoms with E-state index in [1.54, 1.807) is 9.80 Å². The first-order valence-electron chi connectivity index (χ1n) is 10.5. The summed E-state index contributed by atoms with van der Waals surface area (Å²) in [6, 6.07) is 24.5. The topological polar surface area (TPSA) is 40.6 Å². The fourth-order valence-corrected chi connectivity index (χ4v) is 4.09. The number of rotatable bonds is 4. The molecule has 1 unspecified atom stereocenters. The minimum Gasteiger partial charge on any atom is -0.301 e. The molecule has 1 fully saturated rings. The lowest BCUT2D eigenvalue weighted by molar-refractivity contribution is -0.127. The van der Waals surface area contributed by atoms with Gasteiger partial charge in [0.15, 0.2) is 0 Å². The molecule has 3 aromatic carbocycles. The normalized spacial score (nSPS) is 17.3. The standard InChI is InChI=1S/C27H26N2O2/c1-19-11-10-16-24(21(19)3)28-18-25(30)29(23-14-8-5-9-15-23)26(27(28)31)20(2)17-22-12-6-4-7-13-22/h4-17,26H,18H2,1-3H3/b20-17+. The summed E-state index contributed by atoms with van der Waals surface area (Å²) in [6.45, 7) is 5.95. The van der Waals surface area contributed by atoms with E-state index in [-0.39, 0.29) is 18.4 Å². The molecule has 0 N–H and O–H groups in total. The number of hydrogen-bond donors (Lipinski definition) is 0. The molecule has 1 saturated heterocycles. The summed E-state index contributed by atoms with van der Waals surface area (Å²) in [5, 5.41) is 0. The van der Waals surface area contributed by atoms with Gasteiger partial charge in [-0.3, -0.25) is 14.5 Å². The van der Waals surface area contributed by atoms with E-state index in [0.29, 0.717) is 0 Å². The van der Waals surface area contributed by atoms with Gasteiger partial charge in [0.1, 0.15) is 12.6 Å². The maximum atomic E-state index is 13.8. The quantitative estimate of drug-likeness (QED) is 0.596. The van der Waals surface area contributed by atoms with Crippen LogP contribution in [0.15, 0.2) is 84.4 Å². The number of piperazine rings is 1. The number of carbonyl (C=O) groups excluding carboxylic acids is 2. The Kier molecular flexibility index (Phi) is 5.72. The average molecular weight is 411 g/mol. The molecule has 156 valence electrons. The molecular formula is C27H26N2O2. The maximum Gasteiger partial charge on any atom is 0.254 e. The largest absolute Gasteiger partial charge is 0.301 e. The van der Waals surface area contributed by atoms with Crippen molar-refractivity contribution in [3.05, 3.63) is 101 Å². The number of anilines is 2. The molecule has 4 nitrogen and oxygen atoms in total. The SMILES string of the molecule is C/C(=C\c1ccccc1)C1C(=O)N(c2cccc(C)c2C)CC(=O)N1c1ccccc1. The van der Waals surface area contributed by atoms with Gasteiger partial charge in [0.05, 0.1) is 0 Å². The summed E-state index contributed by atoms with van der Waals surface area (Å²) in [4.78, 5) is 30.5. The Bertz CT molecular complexity index is 1140. The van der Waals surface area contributed by atoms with Crippen molar-refractivity contribution in [3.8, 4) is 0 Å². The first-order chi connectivity index (χ1) is 15.0. The van der Waals surface area contributed by atoms with Gasteiger partial charge in [0, 0.05) is 11.4 Å². The van der Waals surface area contributed by atoms with E-state index in [0.717, 1.165) is 33.6 Å². The van der Waals surface area contributed by atoms with Crippen LogP contribution >= 0.6 is 0 Å². The second kappa shape index (κ2) is 8.60. The van der Waals surface area contributed by atoms with E-state index in [2.05, 4.69) is 0 Å². The van der Waals surface area contributed by atoms with Gasteiger partial charge in [0.2, 0.25) is 5.91 Å². The van der Waals surface area contributed by atoms with E-state index in [4.69, 9.17) is 0 Å². The molecule has 4 heteroatoms. The zero-order valence-electron chi connectivity index (χ0n) is 18.1. The lowest BCUT2D eigenvalue weighted by Crippen LogP contribution is -2.61. The number of hydrogen-bond acceptors (Lipinski definition) is 2. The Morgan fingerprint density at radius 1 is 0.871 bits per heavy atom. The Morgan fingerprint density at radius 2 is 1.52 bits per heavy atom. The highest BCUT2D eigenvalue weighted by molar-refractivity contribution is 6.16. The summed E-state index contributed by atoms with van der Waals surface area (Å²) in [5.74, 6) is -0.195. The molecular weight excluding hydrogens is 384 g/mol. The Balaban J connectivity index is 1.82. The molecule has 1 heterocycles. The van der Waals surface area contributed by atoms with Crippen LogP contribution in [0.25, 0.3) is 6.08 Å². The van der Waals surface area contributed by atoms with Crippen LogP contribution in [0.4, 0.5) is 11.4 Å². The van der Waals surface area contributed by atoms with Crippen LogP contribution in [0.3, 0.4) is 0 Å². The molecule has 0 radical (unpaired) electrons. The fraction of sp³-hybridized carbons (Fsp3) is 0.185. The predicted molar refractivity (Wildman–Crippen MR) is 126 cm³/mol. The van der Waals surface area contributed by atoms with Gasteiger partial charge in [0.25, 0.3) is 5.91 Å². The molecule has 0 saturated carbocycles. The van der Waals surface area contributed by atoms with E-state index in [1.807, 2.05) is 106 Å². The van der Waals surface area contributed by atoms with Crippen molar-refractivity contribution in [1.82, 2.24) is 0 Å². The van der Waals surface area contributed by atoms with Gasteiger partial charge in [-0.05, 0) is 61.2 Å². The van der Waals surface area contributed by atoms with Crippen molar-refractivity contribution in [3.63, 3.8) is 0 Å². The van der Waals surface area contributed by atoms with Crippen molar-refractivity contribution in [1.29, 1.82) is 0 Å². The first kappa shape index (κ1) is 20.6. The Hall–Kier alpha value is -3.66. The number of amides is 2. The fourth-order valence-electron chi connectivity index (χ4n) is 4.09. The van der Waals surface area contributed by atoms with E-state index >= 15 is 0 Å². The Labute approximate surface area is 183 Å². The third-order valence-electron chi connectivity index (χ3n) is 5.85. The molecule has 1 aliphatic heterocycles. The van der Waals surface area contributed by atoms with Crippen LogP contribution in [0.5, 0.6) is 0 Å². The van der Waals surface area contributed by atoms with Crippen LogP contribution in [0.2, 0.25) is 0 Å². The molecule has 31 heavy (non-hydrogen) atoms. The lowest BCUT2D eigenvalue weighted by Gasteiger charge is -2.41. The molecule has 1 atom stereocenters.